The van der Waals surface area contributed by atoms with Gasteiger partial charge >= 0.3 is 35.1 Å². The van der Waals surface area contributed by atoms with Crippen LogP contribution in [0.3, 0.4) is 0 Å². The van der Waals surface area contributed by atoms with Crippen molar-refractivity contribution in [3.63, 3.8) is 0 Å². The van der Waals surface area contributed by atoms with E-state index in [4.69, 9.17) is 46.1 Å². The lowest BCUT2D eigenvalue weighted by Crippen LogP contribution is -2.95. The Bertz CT molecular complexity index is 2820. The lowest BCUT2D eigenvalue weighted by Gasteiger charge is -2.82. The van der Waals surface area contributed by atoms with Crippen molar-refractivity contribution >= 4 is 17.2 Å². The quantitative estimate of drug-likeness (QED) is 0.163. The van der Waals surface area contributed by atoms with Crippen LogP contribution in [0, 0.1) is 43.9 Å². The zero-order valence-corrected chi connectivity index (χ0v) is 48.5. The molecule has 4 atom stereocenters. The summed E-state index contributed by atoms with van der Waals surface area (Å²) in [5.74, 6) is -11.0. The molecule has 12 rings (SSSR count). The molecule has 396 valence electrons. The van der Waals surface area contributed by atoms with Gasteiger partial charge in [-0.25, -0.2) is 0 Å². The van der Waals surface area contributed by atoms with E-state index >= 15 is 0 Å². The SMILES string of the molecule is Cc1ccc(C(C)(C)C)c(C2(C(C)(C)CO)OC3(c4cc(C)ccc4C(C)(C)C)OP4OC5(O4)OC4(C(C)(C)CO)OP6OC(O6)(O4)C53C(c3cc(C)ccc3C(C)(C)C)(c3cc(C)ccc3C(C)(C)C)O2)c1. The molecular formula is C59H78O12P2. The second-order valence-corrected chi connectivity index (χ2v) is 29.0. The minimum absolute atomic E-state index is 0.408. The number of hydrogen-bond acceptors (Lipinski definition) is 12. The summed E-state index contributed by atoms with van der Waals surface area (Å²) in [5.41, 5.74) is 0.745. The van der Waals surface area contributed by atoms with E-state index in [0.29, 0.717) is 22.3 Å². The molecule has 12 nitrogen and oxygen atoms in total. The monoisotopic (exact) mass is 1040 g/mol. The summed E-state index contributed by atoms with van der Waals surface area (Å²) >= 11 is 0. The fraction of sp³-hybridized carbons (Fsp3) is 0.593. The molecule has 8 heterocycles. The standard InChI is InChI=1S/C59H78O12P2/c1-35-21-25-39(47(5,6)7)43(29-35)53(44-30-36(2)22-26-40(44)48(8,9)10)56-55(46-32-38(4)24-28-42(46)50(14,15)16,63-54(62-53,51(17,18)33-60)45-31-37(3)23-27-41(45)49(11,12)13)66-72-68-58(56,69-72)64-57(52(19,20)34-61)65-59(56)70-73(67-57)71-59/h21-32,60-61H,33-34H2,1-20H3. The second-order valence-electron chi connectivity index (χ2n) is 27.0. The van der Waals surface area contributed by atoms with Crippen LogP contribution in [0.15, 0.2) is 72.8 Å². The van der Waals surface area contributed by atoms with Crippen LogP contribution in [-0.4, -0.2) is 41.3 Å². The Morgan fingerprint density at radius 1 is 0.397 bits per heavy atom. The number of aliphatic hydroxyl groups is 2. The van der Waals surface area contributed by atoms with E-state index in [1.165, 1.54) is 0 Å². The molecule has 0 saturated carbocycles. The Kier molecular flexibility index (Phi) is 11.9. The molecule has 8 aliphatic rings. The molecule has 4 unspecified atom stereocenters. The Morgan fingerprint density at radius 3 is 1.12 bits per heavy atom. The average Bonchev–Trinajstić information content (AvgIpc) is 3.25. The van der Waals surface area contributed by atoms with Crippen LogP contribution in [0.4, 0.5) is 0 Å². The first-order valence-electron chi connectivity index (χ1n) is 25.7. The van der Waals surface area contributed by atoms with Gasteiger partial charge in [-0.2, -0.15) is 0 Å². The molecule has 0 amide bonds. The van der Waals surface area contributed by atoms with Crippen molar-refractivity contribution in [1.29, 1.82) is 0 Å². The number of benzene rings is 4. The average molecular weight is 1040 g/mol. The van der Waals surface area contributed by atoms with Gasteiger partial charge in [0.05, 0.1) is 18.6 Å². The molecule has 4 aromatic rings. The summed E-state index contributed by atoms with van der Waals surface area (Å²) in [6, 6.07) is 25.7. The predicted octanol–water partition coefficient (Wildman–Crippen LogP) is 13.7. The van der Waals surface area contributed by atoms with Gasteiger partial charge in [-0.05, 0) is 96.6 Å². The Hall–Kier alpha value is -2.74. The smallest absolute Gasteiger partial charge is 0.346 e. The predicted molar refractivity (Wildman–Crippen MR) is 281 cm³/mol. The Labute approximate surface area is 436 Å². The summed E-state index contributed by atoms with van der Waals surface area (Å²) in [6.07, 6.45) is 0. The van der Waals surface area contributed by atoms with Gasteiger partial charge in [-0.15, -0.1) is 0 Å². The fourth-order valence-corrected chi connectivity index (χ4v) is 14.9. The summed E-state index contributed by atoms with van der Waals surface area (Å²) in [6.45, 7) is 41.2. The van der Waals surface area contributed by atoms with Gasteiger partial charge in [0.1, 0.15) is 5.60 Å². The highest BCUT2D eigenvalue weighted by molar-refractivity contribution is 7.43. The summed E-state index contributed by atoms with van der Waals surface area (Å²) in [7, 11) is -4.61. The van der Waals surface area contributed by atoms with E-state index in [9.17, 15) is 10.2 Å². The third-order valence-corrected chi connectivity index (χ3v) is 18.5. The molecule has 73 heavy (non-hydrogen) atoms. The molecular weight excluding hydrogens is 963 g/mol. The maximum Gasteiger partial charge on any atom is 0.346 e. The molecule has 4 aromatic carbocycles. The lowest BCUT2D eigenvalue weighted by atomic mass is 9.50. The van der Waals surface area contributed by atoms with Gasteiger partial charge in [0.15, 0.2) is 0 Å². The van der Waals surface area contributed by atoms with E-state index in [2.05, 4.69) is 177 Å². The van der Waals surface area contributed by atoms with Crippen LogP contribution in [0.2, 0.25) is 0 Å². The highest BCUT2D eigenvalue weighted by Crippen LogP contribution is 2.94. The first kappa shape index (κ1) is 53.6. The van der Waals surface area contributed by atoms with E-state index in [1.54, 1.807) is 13.8 Å². The number of aryl methyl sites for hydroxylation is 4. The minimum Gasteiger partial charge on any atom is -0.396 e. The molecule has 5 bridgehead atoms. The van der Waals surface area contributed by atoms with E-state index in [1.807, 2.05) is 20.8 Å². The summed E-state index contributed by atoms with van der Waals surface area (Å²) in [5, 5.41) is 23.8. The minimum atomic E-state index is -2.35. The zero-order chi connectivity index (χ0) is 53.6. The molecule has 0 radical (unpaired) electrons. The van der Waals surface area contributed by atoms with E-state index < -0.39 is 103 Å². The van der Waals surface area contributed by atoms with Crippen LogP contribution in [0.1, 0.15) is 178 Å². The van der Waals surface area contributed by atoms with Crippen molar-refractivity contribution < 1.29 is 56.3 Å². The summed E-state index contributed by atoms with van der Waals surface area (Å²) in [4.78, 5) is 0. The molecule has 0 aliphatic carbocycles. The van der Waals surface area contributed by atoms with Crippen LogP contribution in [0.5, 0.6) is 0 Å². The number of ether oxygens (including phenoxy) is 4. The van der Waals surface area contributed by atoms with Gasteiger partial charge in [0.25, 0.3) is 0 Å². The van der Waals surface area contributed by atoms with Crippen molar-refractivity contribution in [3.8, 4) is 0 Å². The normalized spacial score (nSPS) is 32.8. The molecule has 2 N–H and O–H groups in total. The fourth-order valence-electron chi connectivity index (χ4n) is 12.2. The van der Waals surface area contributed by atoms with Crippen LogP contribution >= 0.6 is 17.2 Å². The van der Waals surface area contributed by atoms with E-state index in [0.717, 1.165) is 44.5 Å². The van der Waals surface area contributed by atoms with Gasteiger partial charge < -0.3 is 19.7 Å². The van der Waals surface area contributed by atoms with Crippen LogP contribution in [0.25, 0.3) is 0 Å². The Balaban J connectivity index is 1.59. The summed E-state index contributed by atoms with van der Waals surface area (Å²) < 4.78 is 76.6. The highest BCUT2D eigenvalue weighted by atomic mass is 31.2. The number of hydrogen-bond donors (Lipinski definition) is 2. The zero-order valence-electron chi connectivity index (χ0n) is 46.7. The molecule has 0 aromatic heterocycles. The molecule has 3 spiro atoms. The van der Waals surface area contributed by atoms with Crippen molar-refractivity contribution in [2.24, 2.45) is 16.2 Å². The van der Waals surface area contributed by atoms with Crippen molar-refractivity contribution in [2.45, 2.75) is 195 Å². The van der Waals surface area contributed by atoms with Gasteiger partial charge in [-0.1, -0.05) is 192 Å². The molecule has 8 saturated heterocycles. The Morgan fingerprint density at radius 2 is 0.740 bits per heavy atom. The number of aliphatic hydroxyl groups excluding tert-OH is 2. The topological polar surface area (TPSA) is 133 Å². The van der Waals surface area contributed by atoms with Gasteiger partial charge in [-0.3, -0.25) is 36.6 Å². The van der Waals surface area contributed by atoms with Crippen LogP contribution in [-0.2, 0) is 84.9 Å². The van der Waals surface area contributed by atoms with Gasteiger partial charge in [0.2, 0.25) is 17.0 Å². The molecule has 8 aliphatic heterocycles. The number of rotatable bonds is 8. The van der Waals surface area contributed by atoms with Crippen molar-refractivity contribution in [3.05, 3.63) is 140 Å². The highest BCUT2D eigenvalue weighted by Gasteiger charge is 3.05. The van der Waals surface area contributed by atoms with Gasteiger partial charge in [0, 0.05) is 16.5 Å². The lowest BCUT2D eigenvalue weighted by molar-refractivity contribution is -0.736. The first-order valence-corrected chi connectivity index (χ1v) is 27.9. The van der Waals surface area contributed by atoms with E-state index in [-0.39, 0.29) is 0 Å². The largest absolute Gasteiger partial charge is 0.396 e. The third kappa shape index (κ3) is 7.02. The maximum absolute atomic E-state index is 12.4. The molecule has 8 fully saturated rings. The van der Waals surface area contributed by atoms with Crippen molar-refractivity contribution in [1.82, 2.24) is 0 Å². The maximum atomic E-state index is 12.4. The second kappa shape index (κ2) is 16.2. The third-order valence-electron chi connectivity index (χ3n) is 16.1. The molecule has 14 heteroatoms. The first-order chi connectivity index (χ1) is 33.5. The van der Waals surface area contributed by atoms with Crippen LogP contribution < -0.4 is 0 Å². The van der Waals surface area contributed by atoms with Crippen molar-refractivity contribution in [2.75, 3.05) is 13.2 Å².